The summed E-state index contributed by atoms with van der Waals surface area (Å²) in [6, 6.07) is 10.6. The molecule has 1 aromatic heterocycles. The van der Waals surface area contributed by atoms with Crippen molar-refractivity contribution in [2.24, 2.45) is 5.92 Å². The summed E-state index contributed by atoms with van der Waals surface area (Å²) in [5, 5.41) is 4.49. The van der Waals surface area contributed by atoms with Crippen LogP contribution in [0.3, 0.4) is 0 Å². The van der Waals surface area contributed by atoms with Crippen LogP contribution in [0.1, 0.15) is 36.8 Å². The van der Waals surface area contributed by atoms with Gasteiger partial charge in [-0.05, 0) is 39.3 Å². The molecular formula is C19H24N2O4. The number of hydrogen-bond donors (Lipinski definition) is 0. The first kappa shape index (κ1) is 18.7. The zero-order valence-electron chi connectivity index (χ0n) is 15.1. The van der Waals surface area contributed by atoms with Crippen LogP contribution >= 0.6 is 0 Å². The summed E-state index contributed by atoms with van der Waals surface area (Å²) in [6.07, 6.45) is 0. The molecule has 1 atom stereocenters. The number of esters is 2. The largest absolute Gasteiger partial charge is 0.465 e. The highest BCUT2D eigenvalue weighted by atomic mass is 16.6. The summed E-state index contributed by atoms with van der Waals surface area (Å²) in [5.41, 5.74) is 2.45. The van der Waals surface area contributed by atoms with E-state index in [1.807, 2.05) is 50.2 Å². The fourth-order valence-corrected chi connectivity index (χ4v) is 2.87. The lowest BCUT2D eigenvalue weighted by Crippen LogP contribution is -2.37. The minimum absolute atomic E-state index is 0.188. The van der Waals surface area contributed by atoms with E-state index >= 15 is 0 Å². The smallest absolute Gasteiger partial charge is 0.322 e. The molecule has 0 aliphatic rings. The Morgan fingerprint density at radius 2 is 1.60 bits per heavy atom. The SMILES string of the molecule is CCOC(=O)C(C(=O)OCC)C(c1ccccc1)n1nc(C)cc1C. The molecule has 2 rings (SSSR count). The van der Waals surface area contributed by atoms with Gasteiger partial charge in [0.05, 0.1) is 18.9 Å². The van der Waals surface area contributed by atoms with Crippen LogP contribution in [0, 0.1) is 19.8 Å². The second-order valence-corrected chi connectivity index (χ2v) is 5.71. The second kappa shape index (κ2) is 8.46. The summed E-state index contributed by atoms with van der Waals surface area (Å²) in [6.45, 7) is 7.56. The first-order valence-corrected chi connectivity index (χ1v) is 8.40. The van der Waals surface area contributed by atoms with Gasteiger partial charge in [-0.3, -0.25) is 14.3 Å². The number of benzene rings is 1. The molecule has 0 N–H and O–H groups in total. The van der Waals surface area contributed by atoms with Crippen molar-refractivity contribution in [1.29, 1.82) is 0 Å². The number of rotatable bonds is 7. The van der Waals surface area contributed by atoms with Crippen molar-refractivity contribution in [3.05, 3.63) is 53.3 Å². The maximum absolute atomic E-state index is 12.6. The Morgan fingerprint density at radius 3 is 2.04 bits per heavy atom. The maximum atomic E-state index is 12.6. The fraction of sp³-hybridized carbons (Fsp3) is 0.421. The van der Waals surface area contributed by atoms with Gasteiger partial charge in [0.1, 0.15) is 6.04 Å². The third-order valence-corrected chi connectivity index (χ3v) is 3.85. The van der Waals surface area contributed by atoms with Gasteiger partial charge < -0.3 is 9.47 Å². The molecule has 25 heavy (non-hydrogen) atoms. The van der Waals surface area contributed by atoms with E-state index in [9.17, 15) is 9.59 Å². The molecule has 1 unspecified atom stereocenters. The Balaban J connectivity index is 2.59. The van der Waals surface area contributed by atoms with Crippen molar-refractivity contribution in [3.63, 3.8) is 0 Å². The van der Waals surface area contributed by atoms with Gasteiger partial charge in [-0.2, -0.15) is 5.10 Å². The van der Waals surface area contributed by atoms with Crippen LogP contribution in [-0.4, -0.2) is 34.9 Å². The highest BCUT2D eigenvalue weighted by Crippen LogP contribution is 2.30. The molecule has 2 aromatic rings. The quantitative estimate of drug-likeness (QED) is 0.570. The van der Waals surface area contributed by atoms with Gasteiger partial charge in [0.15, 0.2) is 5.92 Å². The minimum atomic E-state index is -1.12. The lowest BCUT2D eigenvalue weighted by atomic mass is 9.92. The molecule has 6 heteroatoms. The predicted octanol–water partition coefficient (Wildman–Crippen LogP) is 2.83. The van der Waals surface area contributed by atoms with E-state index < -0.39 is 23.9 Å². The fourth-order valence-electron chi connectivity index (χ4n) is 2.87. The normalized spacial score (nSPS) is 12.0. The van der Waals surface area contributed by atoms with Crippen LogP contribution in [0.4, 0.5) is 0 Å². The van der Waals surface area contributed by atoms with Gasteiger partial charge in [-0.15, -0.1) is 0 Å². The highest BCUT2D eigenvalue weighted by molar-refractivity contribution is 5.96. The van der Waals surface area contributed by atoms with E-state index in [2.05, 4.69) is 5.10 Å². The van der Waals surface area contributed by atoms with E-state index in [0.29, 0.717) is 0 Å². The summed E-state index contributed by atoms with van der Waals surface area (Å²) >= 11 is 0. The van der Waals surface area contributed by atoms with Gasteiger partial charge in [-0.25, -0.2) is 0 Å². The van der Waals surface area contributed by atoms with E-state index in [1.54, 1.807) is 18.5 Å². The Bertz CT molecular complexity index is 706. The first-order chi connectivity index (χ1) is 12.0. The molecule has 0 spiro atoms. The predicted molar refractivity (Wildman–Crippen MR) is 93.0 cm³/mol. The Hall–Kier alpha value is -2.63. The number of carbonyl (C=O) groups excluding carboxylic acids is 2. The van der Waals surface area contributed by atoms with Crippen LogP contribution in [0.25, 0.3) is 0 Å². The molecule has 1 heterocycles. The van der Waals surface area contributed by atoms with E-state index in [4.69, 9.17) is 9.47 Å². The van der Waals surface area contributed by atoms with Gasteiger partial charge in [0.2, 0.25) is 0 Å². The molecule has 0 aliphatic carbocycles. The summed E-state index contributed by atoms with van der Waals surface area (Å²) in [7, 11) is 0. The third-order valence-electron chi connectivity index (χ3n) is 3.85. The van der Waals surface area contributed by atoms with Crippen molar-refractivity contribution in [1.82, 2.24) is 9.78 Å². The molecule has 1 aromatic carbocycles. The molecule has 0 amide bonds. The van der Waals surface area contributed by atoms with Crippen LogP contribution in [-0.2, 0) is 19.1 Å². The van der Waals surface area contributed by atoms with Crippen molar-refractivity contribution in [2.75, 3.05) is 13.2 Å². The molecular weight excluding hydrogens is 320 g/mol. The van der Waals surface area contributed by atoms with Crippen molar-refractivity contribution in [3.8, 4) is 0 Å². The van der Waals surface area contributed by atoms with Crippen LogP contribution in [0.5, 0.6) is 0 Å². The van der Waals surface area contributed by atoms with Gasteiger partial charge in [-0.1, -0.05) is 30.3 Å². The van der Waals surface area contributed by atoms with E-state index in [-0.39, 0.29) is 13.2 Å². The van der Waals surface area contributed by atoms with Crippen LogP contribution in [0.15, 0.2) is 36.4 Å². The molecule has 0 bridgehead atoms. The maximum Gasteiger partial charge on any atom is 0.322 e. The standard InChI is InChI=1S/C19H24N2O4/c1-5-24-18(22)16(19(23)25-6-2)17(15-10-8-7-9-11-15)21-14(4)12-13(3)20-21/h7-12,16-17H,5-6H2,1-4H3. The van der Waals surface area contributed by atoms with Crippen molar-refractivity contribution in [2.45, 2.75) is 33.7 Å². The van der Waals surface area contributed by atoms with Crippen LogP contribution in [0.2, 0.25) is 0 Å². The van der Waals surface area contributed by atoms with Gasteiger partial charge in [0, 0.05) is 5.69 Å². The average molecular weight is 344 g/mol. The Kier molecular flexibility index (Phi) is 6.33. The summed E-state index contributed by atoms with van der Waals surface area (Å²) in [5.74, 6) is -2.34. The van der Waals surface area contributed by atoms with Crippen LogP contribution < -0.4 is 0 Å². The summed E-state index contributed by atoms with van der Waals surface area (Å²) in [4.78, 5) is 25.2. The zero-order valence-corrected chi connectivity index (χ0v) is 15.1. The Morgan fingerprint density at radius 1 is 1.04 bits per heavy atom. The number of aryl methyl sites for hydroxylation is 2. The minimum Gasteiger partial charge on any atom is -0.465 e. The lowest BCUT2D eigenvalue weighted by molar-refractivity contribution is -0.163. The second-order valence-electron chi connectivity index (χ2n) is 5.71. The number of aromatic nitrogens is 2. The molecule has 6 nitrogen and oxygen atoms in total. The molecule has 0 saturated carbocycles. The van der Waals surface area contributed by atoms with Crippen molar-refractivity contribution >= 4 is 11.9 Å². The van der Waals surface area contributed by atoms with Crippen molar-refractivity contribution < 1.29 is 19.1 Å². The zero-order chi connectivity index (χ0) is 18.4. The third kappa shape index (κ3) is 4.26. The number of ether oxygens (including phenoxy) is 2. The van der Waals surface area contributed by atoms with E-state index in [0.717, 1.165) is 17.0 Å². The monoisotopic (exact) mass is 344 g/mol. The molecule has 0 aliphatic heterocycles. The lowest BCUT2D eigenvalue weighted by Gasteiger charge is -2.26. The average Bonchev–Trinajstić information content (AvgIpc) is 2.91. The number of nitrogens with zero attached hydrogens (tertiary/aromatic N) is 2. The van der Waals surface area contributed by atoms with Gasteiger partial charge in [0.25, 0.3) is 0 Å². The van der Waals surface area contributed by atoms with Gasteiger partial charge >= 0.3 is 11.9 Å². The first-order valence-electron chi connectivity index (χ1n) is 8.40. The molecule has 0 radical (unpaired) electrons. The summed E-state index contributed by atoms with van der Waals surface area (Å²) < 4.78 is 12.0. The van der Waals surface area contributed by atoms with E-state index in [1.165, 1.54) is 0 Å². The molecule has 134 valence electrons. The Labute approximate surface area is 147 Å². The topological polar surface area (TPSA) is 70.4 Å². The molecule has 0 saturated heterocycles. The molecule has 0 fully saturated rings. The number of carbonyl (C=O) groups is 2. The highest BCUT2D eigenvalue weighted by Gasteiger charge is 2.40. The number of hydrogen-bond acceptors (Lipinski definition) is 5.